The predicted octanol–water partition coefficient (Wildman–Crippen LogP) is 3.35. The molecule has 0 bridgehead atoms. The fraction of sp³-hybridized carbons (Fsp3) is 0.286. The van der Waals surface area contributed by atoms with E-state index >= 15 is 0 Å². The van der Waals surface area contributed by atoms with Crippen LogP contribution >= 0.6 is 0 Å². The number of aryl methyl sites for hydroxylation is 1. The smallest absolute Gasteiger partial charge is 0.0457 e. The maximum atomic E-state index is 4.36. The first kappa shape index (κ1) is 12.4. The van der Waals surface area contributed by atoms with Crippen molar-refractivity contribution in [2.45, 2.75) is 26.7 Å². The van der Waals surface area contributed by atoms with Crippen LogP contribution in [0.4, 0.5) is 0 Å². The van der Waals surface area contributed by atoms with Gasteiger partial charge in [0.15, 0.2) is 0 Å². The molecule has 0 aliphatic carbocycles. The Hall–Kier alpha value is -1.70. The highest BCUT2D eigenvalue weighted by Gasteiger charge is 1.92. The lowest BCUT2D eigenvalue weighted by atomic mass is 10.2. The van der Waals surface area contributed by atoms with Gasteiger partial charge in [0.25, 0.3) is 0 Å². The molecule has 1 rings (SSSR count). The van der Waals surface area contributed by atoms with E-state index in [0.717, 1.165) is 24.2 Å². The summed E-state index contributed by atoms with van der Waals surface area (Å²) in [6.07, 6.45) is 9.22. The fourth-order valence-electron chi connectivity index (χ4n) is 1.28. The lowest BCUT2D eigenvalue weighted by Crippen LogP contribution is -1.92. The molecule has 0 saturated carbocycles. The molecule has 0 unspecified atom stereocenters. The number of nitrogens with zero attached hydrogens (tertiary/aromatic N) is 2. The van der Waals surface area contributed by atoms with Crippen LogP contribution in [0.1, 0.15) is 25.1 Å². The zero-order valence-electron chi connectivity index (χ0n) is 9.98. The highest BCUT2D eigenvalue weighted by Crippen LogP contribution is 2.01. The van der Waals surface area contributed by atoms with Gasteiger partial charge < -0.3 is 0 Å². The summed E-state index contributed by atoms with van der Waals surface area (Å²) in [5.41, 5.74) is 3.27. The van der Waals surface area contributed by atoms with Crippen molar-refractivity contribution >= 4 is 6.21 Å². The number of aromatic nitrogens is 1. The van der Waals surface area contributed by atoms with Crippen molar-refractivity contribution in [3.8, 4) is 0 Å². The zero-order valence-corrected chi connectivity index (χ0v) is 9.98. The maximum Gasteiger partial charge on any atom is 0.0457 e. The number of hydrogen-bond donors (Lipinski definition) is 0. The molecule has 0 N–H and O–H groups in total. The third-order valence-electron chi connectivity index (χ3n) is 2.25. The standard InChI is InChI=1S/C14H18N2/c1-4-6-12(3)15-10-9-14-8-7-13(5-2)11-16-14/h4,6-8,10-11H,1,5,9H2,2-3H3/b12-6-,15-10-. The Labute approximate surface area is 97.5 Å². The van der Waals surface area contributed by atoms with Crippen LogP contribution in [-0.2, 0) is 12.8 Å². The first-order chi connectivity index (χ1) is 7.76. The van der Waals surface area contributed by atoms with Gasteiger partial charge in [0.05, 0.1) is 0 Å². The highest BCUT2D eigenvalue weighted by atomic mass is 14.7. The van der Waals surface area contributed by atoms with E-state index in [9.17, 15) is 0 Å². The van der Waals surface area contributed by atoms with E-state index in [2.05, 4.69) is 35.6 Å². The molecule has 2 heteroatoms. The topological polar surface area (TPSA) is 25.2 Å². The van der Waals surface area contributed by atoms with Gasteiger partial charge in [0.2, 0.25) is 0 Å². The van der Waals surface area contributed by atoms with Crippen molar-refractivity contribution in [3.63, 3.8) is 0 Å². The number of rotatable bonds is 5. The molecule has 0 spiro atoms. The first-order valence-electron chi connectivity index (χ1n) is 5.52. The van der Waals surface area contributed by atoms with Crippen molar-refractivity contribution < 1.29 is 0 Å². The van der Waals surface area contributed by atoms with Crippen LogP contribution in [0.15, 0.2) is 47.7 Å². The van der Waals surface area contributed by atoms with E-state index in [0.29, 0.717) is 0 Å². The normalized spacial score (nSPS) is 12.0. The molecule has 1 heterocycles. The summed E-state index contributed by atoms with van der Waals surface area (Å²) in [5.74, 6) is 0. The lowest BCUT2D eigenvalue weighted by Gasteiger charge is -1.98. The van der Waals surface area contributed by atoms with Crippen molar-refractivity contribution in [3.05, 3.63) is 54.0 Å². The van der Waals surface area contributed by atoms with Gasteiger partial charge in [-0.05, 0) is 31.1 Å². The van der Waals surface area contributed by atoms with Gasteiger partial charge >= 0.3 is 0 Å². The van der Waals surface area contributed by atoms with Crippen LogP contribution in [-0.4, -0.2) is 11.2 Å². The van der Waals surface area contributed by atoms with Gasteiger partial charge in [-0.1, -0.05) is 25.6 Å². The second-order valence-corrected chi connectivity index (χ2v) is 3.57. The monoisotopic (exact) mass is 214 g/mol. The molecule has 0 aliphatic heterocycles. The zero-order chi connectivity index (χ0) is 11.8. The molecular formula is C14H18N2. The molecule has 0 aliphatic rings. The largest absolute Gasteiger partial charge is 0.266 e. The molecule has 84 valence electrons. The van der Waals surface area contributed by atoms with Gasteiger partial charge in [0, 0.05) is 30.2 Å². The Morgan fingerprint density at radius 3 is 2.88 bits per heavy atom. The van der Waals surface area contributed by atoms with Crippen molar-refractivity contribution in [2.24, 2.45) is 4.99 Å². The minimum atomic E-state index is 0.770. The van der Waals surface area contributed by atoms with Crippen LogP contribution in [0.5, 0.6) is 0 Å². The van der Waals surface area contributed by atoms with Crippen LogP contribution in [0.3, 0.4) is 0 Å². The van der Waals surface area contributed by atoms with Crippen LogP contribution < -0.4 is 0 Å². The summed E-state index contributed by atoms with van der Waals surface area (Å²) >= 11 is 0. The van der Waals surface area contributed by atoms with Crippen molar-refractivity contribution in [2.75, 3.05) is 0 Å². The molecule has 0 atom stereocenters. The summed E-state index contributed by atoms with van der Waals surface area (Å²) in [6.45, 7) is 7.70. The lowest BCUT2D eigenvalue weighted by molar-refractivity contribution is 1.06. The van der Waals surface area contributed by atoms with Crippen molar-refractivity contribution in [1.82, 2.24) is 4.98 Å². The Morgan fingerprint density at radius 2 is 2.31 bits per heavy atom. The van der Waals surface area contributed by atoms with E-state index < -0.39 is 0 Å². The maximum absolute atomic E-state index is 4.36. The minimum Gasteiger partial charge on any atom is -0.266 e. The number of pyridine rings is 1. The molecule has 16 heavy (non-hydrogen) atoms. The first-order valence-corrected chi connectivity index (χ1v) is 5.52. The quantitative estimate of drug-likeness (QED) is 0.545. The molecular weight excluding hydrogens is 196 g/mol. The Balaban J connectivity index is 2.54. The van der Waals surface area contributed by atoms with Crippen LogP contribution in [0, 0.1) is 0 Å². The third-order valence-corrected chi connectivity index (χ3v) is 2.25. The average Bonchev–Trinajstić information content (AvgIpc) is 2.30. The van der Waals surface area contributed by atoms with E-state index in [1.165, 1.54) is 5.56 Å². The Kier molecular flexibility index (Phi) is 5.20. The summed E-state index contributed by atoms with van der Waals surface area (Å²) in [7, 11) is 0. The van der Waals surface area contributed by atoms with E-state index in [-0.39, 0.29) is 0 Å². The van der Waals surface area contributed by atoms with Gasteiger partial charge in [-0.3, -0.25) is 9.98 Å². The number of aliphatic imine (C=N–C) groups is 1. The van der Waals surface area contributed by atoms with E-state index in [1.54, 1.807) is 6.08 Å². The molecule has 0 fully saturated rings. The summed E-state index contributed by atoms with van der Waals surface area (Å²) < 4.78 is 0. The molecule has 1 aromatic heterocycles. The van der Waals surface area contributed by atoms with Gasteiger partial charge in [-0.2, -0.15) is 0 Å². The molecule has 0 radical (unpaired) electrons. The SMILES string of the molecule is C=C/C=C(C)\N=C/Cc1ccc(CC)cn1. The predicted molar refractivity (Wildman–Crippen MR) is 69.8 cm³/mol. The second-order valence-electron chi connectivity index (χ2n) is 3.57. The summed E-state index contributed by atoms with van der Waals surface area (Å²) in [6, 6.07) is 4.17. The molecule has 0 amide bonds. The van der Waals surface area contributed by atoms with E-state index in [4.69, 9.17) is 0 Å². The van der Waals surface area contributed by atoms with Crippen molar-refractivity contribution in [1.29, 1.82) is 0 Å². The van der Waals surface area contributed by atoms with Gasteiger partial charge in [-0.15, -0.1) is 0 Å². The fourth-order valence-corrected chi connectivity index (χ4v) is 1.28. The third kappa shape index (κ3) is 4.22. The molecule has 1 aromatic rings. The minimum absolute atomic E-state index is 0.770. The van der Waals surface area contributed by atoms with Crippen LogP contribution in [0.2, 0.25) is 0 Å². The second kappa shape index (κ2) is 6.72. The van der Waals surface area contributed by atoms with Crippen LogP contribution in [0.25, 0.3) is 0 Å². The molecule has 0 saturated heterocycles. The average molecular weight is 214 g/mol. The highest BCUT2D eigenvalue weighted by molar-refractivity contribution is 5.62. The Bertz CT molecular complexity index is 386. The summed E-state index contributed by atoms with van der Waals surface area (Å²) in [4.78, 5) is 8.64. The molecule has 2 nitrogen and oxygen atoms in total. The van der Waals surface area contributed by atoms with Gasteiger partial charge in [-0.25, -0.2) is 0 Å². The number of hydrogen-bond acceptors (Lipinski definition) is 2. The Morgan fingerprint density at radius 1 is 1.50 bits per heavy atom. The number of allylic oxidation sites excluding steroid dienone is 3. The summed E-state index contributed by atoms with van der Waals surface area (Å²) in [5, 5.41) is 0. The van der Waals surface area contributed by atoms with E-state index in [1.807, 2.05) is 25.4 Å². The molecule has 0 aromatic carbocycles. The van der Waals surface area contributed by atoms with Gasteiger partial charge in [0.1, 0.15) is 0 Å².